The maximum atomic E-state index is 13.7. The number of sulfonamides is 1. The van der Waals surface area contributed by atoms with Crippen LogP contribution in [-0.2, 0) is 10.0 Å². The summed E-state index contributed by atoms with van der Waals surface area (Å²) in [7, 11) is -2.48. The first kappa shape index (κ1) is 30.6. The molecule has 1 fully saturated rings. The molecule has 3 atom stereocenters. The van der Waals surface area contributed by atoms with Crippen molar-refractivity contribution in [2.24, 2.45) is 5.92 Å². The molecular weight excluding hydrogens is 551 g/mol. The van der Waals surface area contributed by atoms with Gasteiger partial charge < -0.3 is 25.0 Å². The van der Waals surface area contributed by atoms with Crippen molar-refractivity contribution in [2.75, 3.05) is 31.5 Å². The quantitative estimate of drug-likeness (QED) is 0.429. The topological polar surface area (TPSA) is 128 Å². The summed E-state index contributed by atoms with van der Waals surface area (Å²) >= 11 is 0. The predicted octanol–water partition coefficient (Wildman–Crippen LogP) is 3.82. The first-order valence-electron chi connectivity index (χ1n) is 14.0. The number of urea groups is 1. The average molecular weight is 591 g/mol. The third-order valence-electron chi connectivity index (χ3n) is 7.79. The minimum Gasteiger partial charge on any atom is -0.485 e. The zero-order chi connectivity index (χ0) is 29.7. The molecule has 12 heteroatoms. The van der Waals surface area contributed by atoms with Crippen LogP contribution in [0.5, 0.6) is 5.75 Å². The van der Waals surface area contributed by atoms with Crippen molar-refractivity contribution >= 4 is 27.6 Å². The Bertz CT molecular complexity index is 1330. The van der Waals surface area contributed by atoms with Crippen molar-refractivity contribution in [3.63, 3.8) is 0 Å². The van der Waals surface area contributed by atoms with E-state index in [-0.39, 0.29) is 59.6 Å². The summed E-state index contributed by atoms with van der Waals surface area (Å²) in [5.74, 6) is -1.25. The van der Waals surface area contributed by atoms with Gasteiger partial charge in [0.1, 0.15) is 11.9 Å². The number of ether oxygens (including phenoxy) is 1. The highest BCUT2D eigenvalue weighted by Crippen LogP contribution is 2.36. The molecule has 4 rings (SSSR count). The van der Waals surface area contributed by atoms with Crippen LogP contribution in [0.15, 0.2) is 47.4 Å². The monoisotopic (exact) mass is 590 g/mol. The number of para-hydroxylation sites is 1. The Kier molecular flexibility index (Phi) is 9.75. The number of hydrogen-bond donors (Lipinski definition) is 3. The summed E-state index contributed by atoms with van der Waals surface area (Å²) in [5.41, 5.74) is 0.154. The Morgan fingerprint density at radius 1 is 1.17 bits per heavy atom. The minimum absolute atomic E-state index is 0.0240. The summed E-state index contributed by atoms with van der Waals surface area (Å²) in [6.07, 6.45) is 4.60. The van der Waals surface area contributed by atoms with Gasteiger partial charge in [-0.25, -0.2) is 17.6 Å². The van der Waals surface area contributed by atoms with Gasteiger partial charge in [0, 0.05) is 25.6 Å². The van der Waals surface area contributed by atoms with Gasteiger partial charge in [-0.1, -0.05) is 32.3 Å². The second-order valence-electron chi connectivity index (χ2n) is 11.0. The van der Waals surface area contributed by atoms with Crippen LogP contribution in [0.25, 0.3) is 0 Å². The van der Waals surface area contributed by atoms with Gasteiger partial charge in [-0.15, -0.1) is 0 Å². The number of hydrogen-bond acceptors (Lipinski definition) is 6. The second kappa shape index (κ2) is 13.1. The van der Waals surface area contributed by atoms with Crippen LogP contribution >= 0.6 is 0 Å². The molecule has 0 saturated heterocycles. The fourth-order valence-electron chi connectivity index (χ4n) is 5.24. The van der Waals surface area contributed by atoms with E-state index in [9.17, 15) is 27.5 Å². The number of nitrogens with zero attached hydrogens (tertiary/aromatic N) is 2. The van der Waals surface area contributed by atoms with Crippen molar-refractivity contribution in [3.8, 4) is 5.75 Å². The Morgan fingerprint density at radius 2 is 1.85 bits per heavy atom. The van der Waals surface area contributed by atoms with E-state index < -0.39 is 33.9 Å². The van der Waals surface area contributed by atoms with E-state index in [0.717, 1.165) is 49.9 Å². The molecule has 1 aliphatic carbocycles. The first-order valence-corrected chi connectivity index (χ1v) is 15.5. The molecule has 41 heavy (non-hydrogen) atoms. The highest BCUT2D eigenvalue weighted by atomic mass is 32.2. The van der Waals surface area contributed by atoms with Crippen molar-refractivity contribution in [1.29, 1.82) is 0 Å². The normalized spacial score (nSPS) is 20.7. The third-order valence-corrected chi connectivity index (χ3v) is 9.17. The summed E-state index contributed by atoms with van der Waals surface area (Å²) in [5, 5.41) is 13.0. The van der Waals surface area contributed by atoms with Gasteiger partial charge in [0.25, 0.3) is 15.9 Å². The average Bonchev–Trinajstić information content (AvgIpc) is 2.95. The number of likely N-dealkylation sites (N-methyl/N-ethyl adjacent to an activating group) is 1. The second-order valence-corrected chi connectivity index (χ2v) is 12.7. The van der Waals surface area contributed by atoms with Crippen LogP contribution in [0.3, 0.4) is 0 Å². The number of anilines is 1. The Hall–Kier alpha value is -3.38. The number of nitrogens with one attached hydrogen (secondary N) is 2. The molecule has 2 aromatic carbocycles. The molecule has 1 heterocycles. The zero-order valence-corrected chi connectivity index (χ0v) is 24.5. The van der Waals surface area contributed by atoms with E-state index in [4.69, 9.17) is 4.74 Å². The summed E-state index contributed by atoms with van der Waals surface area (Å²) < 4.78 is 48.7. The van der Waals surface area contributed by atoms with Crippen LogP contribution in [0.1, 0.15) is 56.3 Å². The van der Waals surface area contributed by atoms with Crippen molar-refractivity contribution in [1.82, 2.24) is 15.1 Å². The molecule has 3 amide bonds. The molecule has 224 valence electrons. The van der Waals surface area contributed by atoms with Gasteiger partial charge in [-0.3, -0.25) is 9.52 Å². The van der Waals surface area contributed by atoms with E-state index in [1.165, 1.54) is 24.6 Å². The molecule has 1 saturated carbocycles. The lowest BCUT2D eigenvalue weighted by Gasteiger charge is -2.38. The number of carbonyl (C=O) groups excluding carboxylic acids is 2. The molecule has 0 radical (unpaired) electrons. The maximum absolute atomic E-state index is 13.7. The number of aliphatic hydroxyl groups is 1. The lowest BCUT2D eigenvalue weighted by Crippen LogP contribution is -2.52. The van der Waals surface area contributed by atoms with Gasteiger partial charge in [0.05, 0.1) is 35.3 Å². The lowest BCUT2D eigenvalue weighted by atomic mass is 9.96. The highest BCUT2D eigenvalue weighted by Gasteiger charge is 2.35. The summed E-state index contributed by atoms with van der Waals surface area (Å²) in [4.78, 5) is 29.6. The first-order chi connectivity index (χ1) is 19.5. The van der Waals surface area contributed by atoms with Crippen LogP contribution in [0.2, 0.25) is 0 Å². The number of fused-ring (bicyclic) bond motifs is 1. The highest BCUT2D eigenvalue weighted by molar-refractivity contribution is 7.92. The van der Waals surface area contributed by atoms with Crippen LogP contribution < -0.4 is 14.8 Å². The summed E-state index contributed by atoms with van der Waals surface area (Å²) in [6.45, 7) is 3.78. The molecule has 1 aliphatic heterocycles. The van der Waals surface area contributed by atoms with Gasteiger partial charge in [-0.05, 0) is 56.2 Å². The lowest BCUT2D eigenvalue weighted by molar-refractivity contribution is 0.0368. The standard InChI is InChI=1S/C29H39FN4O6S/c1-19-16-34(20(2)18-35)28(36)24-10-7-11-25(32-41(38,39)23-14-12-21(30)13-15-23)27(24)40-26(19)17-33(3)29(37)31-22-8-5-4-6-9-22/h7,10-15,19-20,22,26,32,35H,4-6,8-9,16-18H2,1-3H3,(H,31,37)/t19-,20-,26+/m1/s1. The van der Waals surface area contributed by atoms with Crippen LogP contribution in [-0.4, -0.2) is 80.2 Å². The molecule has 0 spiro atoms. The van der Waals surface area contributed by atoms with E-state index in [1.807, 2.05) is 6.92 Å². The molecule has 2 aliphatic rings. The van der Waals surface area contributed by atoms with Crippen LogP contribution in [0.4, 0.5) is 14.9 Å². The Balaban J connectivity index is 1.66. The molecule has 0 bridgehead atoms. The fourth-order valence-corrected chi connectivity index (χ4v) is 6.31. The van der Waals surface area contributed by atoms with E-state index in [0.29, 0.717) is 0 Å². The van der Waals surface area contributed by atoms with Crippen molar-refractivity contribution in [2.45, 2.75) is 69.0 Å². The van der Waals surface area contributed by atoms with E-state index in [2.05, 4.69) is 10.0 Å². The number of halogens is 1. The van der Waals surface area contributed by atoms with Gasteiger partial charge >= 0.3 is 6.03 Å². The molecule has 2 aromatic rings. The van der Waals surface area contributed by atoms with E-state index >= 15 is 0 Å². The molecule has 10 nitrogen and oxygen atoms in total. The van der Waals surface area contributed by atoms with Crippen LogP contribution in [0, 0.1) is 11.7 Å². The minimum atomic E-state index is -4.16. The molecule has 3 N–H and O–H groups in total. The largest absolute Gasteiger partial charge is 0.485 e. The number of rotatable bonds is 8. The van der Waals surface area contributed by atoms with E-state index in [1.54, 1.807) is 23.8 Å². The Morgan fingerprint density at radius 3 is 2.51 bits per heavy atom. The summed E-state index contributed by atoms with van der Waals surface area (Å²) in [6, 6.07) is 8.33. The molecule has 0 unspecified atom stereocenters. The number of amides is 3. The Labute approximate surface area is 240 Å². The zero-order valence-electron chi connectivity index (χ0n) is 23.7. The van der Waals surface area contributed by atoms with Crippen molar-refractivity contribution in [3.05, 3.63) is 53.8 Å². The van der Waals surface area contributed by atoms with Gasteiger partial charge in [0.2, 0.25) is 0 Å². The van der Waals surface area contributed by atoms with Gasteiger partial charge in [-0.2, -0.15) is 0 Å². The van der Waals surface area contributed by atoms with Crippen molar-refractivity contribution < 1.29 is 32.2 Å². The number of aliphatic hydroxyl groups excluding tert-OH is 1. The number of benzene rings is 2. The number of carbonyl (C=O) groups is 2. The van der Waals surface area contributed by atoms with Gasteiger partial charge in [0.15, 0.2) is 5.75 Å². The predicted molar refractivity (Wildman–Crippen MR) is 153 cm³/mol. The molecular formula is C29H39FN4O6S. The smallest absolute Gasteiger partial charge is 0.317 e. The molecule has 0 aromatic heterocycles. The maximum Gasteiger partial charge on any atom is 0.317 e. The SMILES string of the molecule is C[C@@H]1CN([C@H](C)CO)C(=O)c2cccc(NS(=O)(=O)c3ccc(F)cc3)c2O[C@H]1CN(C)C(=O)NC1CCCCC1. The third kappa shape index (κ3) is 7.28. The fraction of sp³-hybridized carbons (Fsp3) is 0.517.